The Hall–Kier alpha value is -1.57. The summed E-state index contributed by atoms with van der Waals surface area (Å²) >= 11 is 0. The molecule has 0 aliphatic heterocycles. The first-order valence-corrected chi connectivity index (χ1v) is 6.69. The van der Waals surface area contributed by atoms with Gasteiger partial charge in [0.15, 0.2) is 0 Å². The molecule has 19 heavy (non-hydrogen) atoms. The van der Waals surface area contributed by atoms with Gasteiger partial charge in [0.05, 0.1) is 6.07 Å². The predicted molar refractivity (Wildman–Crippen MR) is 72.0 cm³/mol. The van der Waals surface area contributed by atoms with Crippen LogP contribution in [-0.4, -0.2) is 23.9 Å². The van der Waals surface area contributed by atoms with E-state index in [9.17, 15) is 9.59 Å². The third-order valence-electron chi connectivity index (χ3n) is 3.19. The van der Waals surface area contributed by atoms with Crippen LogP contribution in [-0.2, 0) is 9.59 Å². The molecule has 0 radical (unpaired) electrons. The average Bonchev–Trinajstić information content (AvgIpc) is 2.21. The van der Waals surface area contributed by atoms with Crippen molar-refractivity contribution in [3.63, 3.8) is 0 Å². The van der Waals surface area contributed by atoms with E-state index in [2.05, 4.69) is 16.7 Å². The summed E-state index contributed by atoms with van der Waals surface area (Å²) in [5.74, 6) is 0.0898. The Bertz CT molecular complexity index is 398. The molecule has 5 nitrogen and oxygen atoms in total. The minimum atomic E-state index is -0.861. The van der Waals surface area contributed by atoms with Crippen molar-refractivity contribution in [1.82, 2.24) is 10.6 Å². The van der Waals surface area contributed by atoms with Crippen LogP contribution in [0.3, 0.4) is 0 Å². The van der Waals surface area contributed by atoms with E-state index in [0.717, 1.165) is 0 Å². The fourth-order valence-electron chi connectivity index (χ4n) is 2.40. The highest BCUT2D eigenvalue weighted by atomic mass is 16.2. The van der Waals surface area contributed by atoms with Crippen LogP contribution in [0.5, 0.6) is 0 Å². The molecule has 0 saturated heterocycles. The van der Waals surface area contributed by atoms with E-state index in [4.69, 9.17) is 5.26 Å². The molecule has 5 heteroatoms. The van der Waals surface area contributed by atoms with Gasteiger partial charge in [-0.05, 0) is 39.5 Å². The molecule has 1 aliphatic carbocycles. The third kappa shape index (κ3) is 4.23. The van der Waals surface area contributed by atoms with Crippen molar-refractivity contribution >= 4 is 11.8 Å². The molecule has 0 aromatic heterocycles. The molecule has 0 atom stereocenters. The molecule has 0 spiro atoms. The van der Waals surface area contributed by atoms with Crippen LogP contribution in [0, 0.1) is 22.7 Å². The SMILES string of the molecule is CC1CC(C#N)(C(=O)NCCC(=O)NC(C)(C)C)C1. The standard InChI is InChI=1S/C14H23N3O2/c1-10-7-14(8-10,9-15)12(19)16-6-5-11(18)17-13(2,3)4/h10H,5-8H2,1-4H3,(H,16,19)(H,17,18). The molecule has 1 fully saturated rings. The lowest BCUT2D eigenvalue weighted by Crippen LogP contribution is -2.49. The van der Waals surface area contributed by atoms with E-state index in [-0.39, 0.29) is 30.3 Å². The lowest BCUT2D eigenvalue weighted by molar-refractivity contribution is -0.134. The van der Waals surface area contributed by atoms with Crippen LogP contribution in [0.15, 0.2) is 0 Å². The topological polar surface area (TPSA) is 82.0 Å². The summed E-state index contributed by atoms with van der Waals surface area (Å²) < 4.78 is 0. The van der Waals surface area contributed by atoms with Gasteiger partial charge in [0.1, 0.15) is 5.41 Å². The molecular formula is C14H23N3O2. The van der Waals surface area contributed by atoms with Gasteiger partial charge < -0.3 is 10.6 Å². The third-order valence-corrected chi connectivity index (χ3v) is 3.19. The fraction of sp³-hybridized carbons (Fsp3) is 0.786. The van der Waals surface area contributed by atoms with Crippen LogP contribution >= 0.6 is 0 Å². The Balaban J connectivity index is 2.32. The largest absolute Gasteiger partial charge is 0.354 e. The molecule has 1 saturated carbocycles. The normalized spacial score (nSPS) is 25.9. The Kier molecular flexibility index (Phi) is 4.56. The van der Waals surface area contributed by atoms with E-state index in [1.165, 1.54) is 0 Å². The zero-order valence-corrected chi connectivity index (χ0v) is 12.2. The van der Waals surface area contributed by atoms with Gasteiger partial charge in [-0.1, -0.05) is 6.92 Å². The Morgan fingerprint density at radius 3 is 2.37 bits per heavy atom. The van der Waals surface area contributed by atoms with Gasteiger partial charge in [-0.3, -0.25) is 9.59 Å². The Morgan fingerprint density at radius 2 is 1.95 bits per heavy atom. The quantitative estimate of drug-likeness (QED) is 0.805. The maximum absolute atomic E-state index is 11.9. The van der Waals surface area contributed by atoms with Gasteiger partial charge in [0.2, 0.25) is 11.8 Å². The van der Waals surface area contributed by atoms with Crippen LogP contribution in [0.1, 0.15) is 47.0 Å². The summed E-state index contributed by atoms with van der Waals surface area (Å²) in [5, 5.41) is 14.6. The second kappa shape index (κ2) is 5.60. The molecular weight excluding hydrogens is 242 g/mol. The van der Waals surface area contributed by atoms with Gasteiger partial charge in [0.25, 0.3) is 0 Å². The van der Waals surface area contributed by atoms with E-state index in [1.54, 1.807) is 0 Å². The maximum Gasteiger partial charge on any atom is 0.240 e. The molecule has 0 bridgehead atoms. The highest BCUT2D eigenvalue weighted by molar-refractivity contribution is 5.87. The predicted octanol–water partition coefficient (Wildman–Crippen LogP) is 1.35. The van der Waals surface area contributed by atoms with Crippen LogP contribution in [0.25, 0.3) is 0 Å². The van der Waals surface area contributed by atoms with Crippen molar-refractivity contribution in [3.8, 4) is 6.07 Å². The summed E-state index contributed by atoms with van der Waals surface area (Å²) in [6.07, 6.45) is 1.47. The number of nitrogens with one attached hydrogen (secondary N) is 2. The zero-order valence-electron chi connectivity index (χ0n) is 12.2. The number of nitriles is 1. The highest BCUT2D eigenvalue weighted by Gasteiger charge is 2.48. The molecule has 0 aromatic rings. The molecule has 2 N–H and O–H groups in total. The smallest absolute Gasteiger partial charge is 0.240 e. The maximum atomic E-state index is 11.9. The number of nitrogens with zero attached hydrogens (tertiary/aromatic N) is 1. The first kappa shape index (κ1) is 15.5. The second-order valence-electron chi connectivity index (χ2n) is 6.51. The van der Waals surface area contributed by atoms with Gasteiger partial charge in [-0.25, -0.2) is 0 Å². The van der Waals surface area contributed by atoms with Crippen molar-refractivity contribution in [1.29, 1.82) is 5.26 Å². The first-order valence-electron chi connectivity index (χ1n) is 6.69. The summed E-state index contributed by atoms with van der Waals surface area (Å²) in [6.45, 7) is 8.02. The Labute approximate surface area is 114 Å². The van der Waals surface area contributed by atoms with Gasteiger partial charge in [0, 0.05) is 18.5 Å². The van der Waals surface area contributed by atoms with E-state index < -0.39 is 5.41 Å². The van der Waals surface area contributed by atoms with E-state index >= 15 is 0 Å². The first-order chi connectivity index (χ1) is 8.68. The second-order valence-corrected chi connectivity index (χ2v) is 6.51. The molecule has 1 aliphatic rings. The van der Waals surface area contributed by atoms with Crippen molar-refractivity contribution in [3.05, 3.63) is 0 Å². The van der Waals surface area contributed by atoms with Gasteiger partial charge >= 0.3 is 0 Å². The van der Waals surface area contributed by atoms with Crippen LogP contribution < -0.4 is 10.6 Å². The van der Waals surface area contributed by atoms with Crippen LogP contribution in [0.2, 0.25) is 0 Å². The minimum absolute atomic E-state index is 0.0965. The number of carbonyl (C=O) groups excluding carboxylic acids is 2. The van der Waals surface area contributed by atoms with Gasteiger partial charge in [-0.2, -0.15) is 5.26 Å². The number of carbonyl (C=O) groups is 2. The summed E-state index contributed by atoms with van der Waals surface area (Å²) in [4.78, 5) is 23.5. The molecule has 0 heterocycles. The number of hydrogen-bond acceptors (Lipinski definition) is 3. The minimum Gasteiger partial charge on any atom is -0.354 e. The van der Waals surface area contributed by atoms with Crippen LogP contribution in [0.4, 0.5) is 0 Å². The van der Waals surface area contributed by atoms with E-state index in [0.29, 0.717) is 18.8 Å². The molecule has 0 aromatic carbocycles. The summed E-state index contributed by atoms with van der Waals surface area (Å²) in [7, 11) is 0. The van der Waals surface area contributed by atoms with Crippen molar-refractivity contribution in [2.75, 3.05) is 6.54 Å². The molecule has 1 rings (SSSR count). The number of amides is 2. The van der Waals surface area contributed by atoms with Crippen molar-refractivity contribution < 1.29 is 9.59 Å². The monoisotopic (exact) mass is 265 g/mol. The summed E-state index contributed by atoms with van der Waals surface area (Å²) in [5.41, 5.74) is -1.13. The molecule has 0 unspecified atom stereocenters. The summed E-state index contributed by atoms with van der Waals surface area (Å²) in [6, 6.07) is 2.11. The number of rotatable bonds is 4. The molecule has 2 amide bonds. The van der Waals surface area contributed by atoms with E-state index in [1.807, 2.05) is 27.7 Å². The highest BCUT2D eigenvalue weighted by Crippen LogP contribution is 2.44. The zero-order chi connectivity index (χ0) is 14.7. The van der Waals surface area contributed by atoms with Crippen molar-refractivity contribution in [2.24, 2.45) is 11.3 Å². The lowest BCUT2D eigenvalue weighted by atomic mass is 9.63. The fourth-order valence-corrected chi connectivity index (χ4v) is 2.40. The molecule has 106 valence electrons. The average molecular weight is 265 g/mol. The lowest BCUT2D eigenvalue weighted by Gasteiger charge is -2.39. The van der Waals surface area contributed by atoms with Crippen molar-refractivity contribution in [2.45, 2.75) is 52.5 Å². The number of hydrogen-bond donors (Lipinski definition) is 2. The Morgan fingerprint density at radius 1 is 1.37 bits per heavy atom. The van der Waals surface area contributed by atoms with Gasteiger partial charge in [-0.15, -0.1) is 0 Å².